The fraction of sp³-hybridized carbons (Fsp3) is 0.0500. The minimum Gasteiger partial charge on any atom is -0.493 e. The molecule has 2 heterocycles. The van der Waals surface area contributed by atoms with Gasteiger partial charge in [0.25, 0.3) is 11.4 Å². The van der Waals surface area contributed by atoms with Crippen molar-refractivity contribution in [2.24, 2.45) is 0 Å². The Kier molecular flexibility index (Phi) is 14.7. The Balaban J connectivity index is 0.000000209. The highest BCUT2D eigenvalue weighted by molar-refractivity contribution is 9.10. The molecule has 0 amide bonds. The molecule has 4 aromatic carbocycles. The van der Waals surface area contributed by atoms with Gasteiger partial charge in [-0.05, 0) is 78.7 Å². The maximum Gasteiger partial charge on any atom is 0.272 e. The summed E-state index contributed by atoms with van der Waals surface area (Å²) in [6.45, 7) is 0. The first-order valence-electron chi connectivity index (χ1n) is 15.6. The summed E-state index contributed by atoms with van der Waals surface area (Å²) >= 11 is 3.28. The Morgan fingerprint density at radius 3 is 1.55 bits per heavy atom. The second-order valence-corrected chi connectivity index (χ2v) is 11.3. The number of hydrogen-bond acceptors (Lipinski definition) is 10. The fourth-order valence-corrected chi connectivity index (χ4v) is 4.53. The molecule has 0 spiro atoms. The molecule has 55 heavy (non-hydrogen) atoms. The van der Waals surface area contributed by atoms with E-state index in [9.17, 15) is 29.0 Å². The van der Waals surface area contributed by atoms with Gasteiger partial charge in [-0.15, -0.1) is 6.42 Å². The number of benzene rings is 4. The van der Waals surface area contributed by atoms with Gasteiger partial charge >= 0.3 is 0 Å². The molecular weight excluding hydrogens is 782 g/mol. The van der Waals surface area contributed by atoms with E-state index in [-0.39, 0.29) is 28.6 Å². The fourth-order valence-electron chi connectivity index (χ4n) is 4.19. The second-order valence-electron chi connectivity index (χ2n) is 10.4. The predicted molar refractivity (Wildman–Crippen MR) is 202 cm³/mol. The number of rotatable bonds is 8. The lowest BCUT2D eigenvalue weighted by Gasteiger charge is -2.11. The van der Waals surface area contributed by atoms with Gasteiger partial charge < -0.3 is 18.9 Å². The highest BCUT2D eigenvalue weighted by Crippen LogP contribution is 2.36. The summed E-state index contributed by atoms with van der Waals surface area (Å²) in [6, 6.07) is 27.2. The van der Waals surface area contributed by atoms with Crippen LogP contribution in [0.1, 0.15) is 17.0 Å². The number of hydrogen-bond donors (Lipinski definition) is 0. The number of halogens is 3. The van der Waals surface area contributed by atoms with E-state index in [1.54, 1.807) is 67.0 Å². The van der Waals surface area contributed by atoms with Crippen molar-refractivity contribution in [3.8, 4) is 58.7 Å². The van der Waals surface area contributed by atoms with Crippen LogP contribution in [0.2, 0.25) is 0 Å². The van der Waals surface area contributed by atoms with E-state index >= 15 is 0 Å². The normalized spacial score (nSPS) is 9.67. The van der Waals surface area contributed by atoms with Crippen LogP contribution in [-0.2, 0) is 0 Å². The Morgan fingerprint density at radius 2 is 1.11 bits per heavy atom. The summed E-state index contributed by atoms with van der Waals surface area (Å²) in [6.07, 6.45) is 8.37. The van der Waals surface area contributed by atoms with Crippen LogP contribution in [0, 0.1) is 56.0 Å². The molecular formula is C40H27BrF2N4O8. The molecule has 0 aliphatic heterocycles. The van der Waals surface area contributed by atoms with Gasteiger partial charge in [-0.3, -0.25) is 20.2 Å². The molecule has 15 heteroatoms. The maximum atomic E-state index is 14.0. The Hall–Kier alpha value is -7.36. The molecule has 0 aliphatic carbocycles. The zero-order chi connectivity index (χ0) is 39.7. The quantitative estimate of drug-likeness (QED) is 0.0826. The average molecular weight is 810 g/mol. The van der Waals surface area contributed by atoms with Crippen LogP contribution < -0.4 is 18.9 Å². The monoisotopic (exact) mass is 808 g/mol. The highest BCUT2D eigenvalue weighted by Gasteiger charge is 2.16. The first-order chi connectivity index (χ1) is 26.5. The SMILES string of the molecule is C#Cc1ccccn1.COc1cc(Br)ccc1Oc1ccc([N+](=O)[O-])cc1F.COc1cc(C#Cc2ccccn2)ccc1Oc1ccc([N+](=O)[O-])cc1F. The standard InChI is InChI=1S/C20H13FN2O4.C13H9BrFNO4.C7H5N/c1-26-20-12-14(5-7-15-4-2-3-11-22-15)6-9-19(20)27-18-10-8-16(23(24)25)13-17(18)21;1-19-13-6-8(14)2-4-12(13)20-11-5-3-9(16(17)18)7-10(11)15;1-2-7-5-3-4-6-8-7/h2-4,6,8-13H,1H3;2-7H,1H3;1,3-6H. The van der Waals surface area contributed by atoms with Crippen molar-refractivity contribution in [2.75, 3.05) is 14.2 Å². The summed E-state index contributed by atoms with van der Waals surface area (Å²) < 4.78 is 49.8. The zero-order valence-corrected chi connectivity index (χ0v) is 30.4. The minimum absolute atomic E-state index is 0.115. The molecule has 0 unspecified atom stereocenters. The van der Waals surface area contributed by atoms with Crippen LogP contribution in [0.4, 0.5) is 20.2 Å². The summed E-state index contributed by atoms with van der Waals surface area (Å²) in [4.78, 5) is 27.8. The number of pyridine rings is 2. The third kappa shape index (κ3) is 12.1. The molecule has 2 aromatic heterocycles. The van der Waals surface area contributed by atoms with E-state index in [0.29, 0.717) is 34.2 Å². The van der Waals surface area contributed by atoms with E-state index in [2.05, 4.69) is 43.7 Å². The topological polar surface area (TPSA) is 149 Å². The average Bonchev–Trinajstić information content (AvgIpc) is 3.20. The lowest BCUT2D eigenvalue weighted by atomic mass is 10.2. The molecule has 12 nitrogen and oxygen atoms in total. The summed E-state index contributed by atoms with van der Waals surface area (Å²) in [7, 11) is 2.91. The summed E-state index contributed by atoms with van der Waals surface area (Å²) in [5.74, 6) is 7.71. The second kappa shape index (κ2) is 20.0. The molecule has 6 aromatic rings. The van der Waals surface area contributed by atoms with E-state index < -0.39 is 21.5 Å². The molecule has 0 N–H and O–H groups in total. The van der Waals surface area contributed by atoms with Crippen molar-refractivity contribution < 1.29 is 37.6 Å². The first-order valence-corrected chi connectivity index (χ1v) is 16.4. The van der Waals surface area contributed by atoms with Crippen molar-refractivity contribution in [1.29, 1.82) is 0 Å². The van der Waals surface area contributed by atoms with E-state index in [1.165, 1.54) is 32.4 Å². The van der Waals surface area contributed by atoms with Gasteiger partial charge in [-0.25, -0.2) is 18.7 Å². The van der Waals surface area contributed by atoms with Crippen molar-refractivity contribution in [1.82, 2.24) is 9.97 Å². The van der Waals surface area contributed by atoms with Gasteiger partial charge in [-0.1, -0.05) is 39.9 Å². The van der Waals surface area contributed by atoms with Crippen molar-refractivity contribution >= 4 is 27.3 Å². The molecule has 6 rings (SSSR count). The van der Waals surface area contributed by atoms with E-state index in [4.69, 9.17) is 25.4 Å². The number of nitro benzene ring substituents is 2. The number of nitro groups is 2. The Labute approximate surface area is 321 Å². The number of nitrogens with zero attached hydrogens (tertiary/aromatic N) is 4. The van der Waals surface area contributed by atoms with Crippen molar-refractivity contribution in [3.05, 3.63) is 175 Å². The Bertz CT molecular complexity index is 2390. The van der Waals surface area contributed by atoms with Gasteiger partial charge in [0.2, 0.25) is 0 Å². The minimum atomic E-state index is -0.842. The highest BCUT2D eigenvalue weighted by atomic mass is 79.9. The molecule has 0 fully saturated rings. The Morgan fingerprint density at radius 1 is 0.618 bits per heavy atom. The van der Waals surface area contributed by atoms with Crippen LogP contribution in [-0.4, -0.2) is 34.0 Å². The molecule has 0 saturated carbocycles. The smallest absolute Gasteiger partial charge is 0.272 e. The van der Waals surface area contributed by atoms with Crippen LogP contribution >= 0.6 is 15.9 Å². The molecule has 276 valence electrons. The van der Waals surface area contributed by atoms with E-state index in [0.717, 1.165) is 22.7 Å². The van der Waals surface area contributed by atoms with Crippen molar-refractivity contribution in [2.45, 2.75) is 0 Å². The van der Waals surface area contributed by atoms with Crippen LogP contribution in [0.15, 0.2) is 126 Å². The molecule has 0 saturated heterocycles. The molecule has 0 bridgehead atoms. The first kappa shape index (κ1) is 40.4. The van der Waals surface area contributed by atoms with Crippen molar-refractivity contribution in [3.63, 3.8) is 0 Å². The largest absolute Gasteiger partial charge is 0.493 e. The van der Waals surface area contributed by atoms with Gasteiger partial charge in [0.15, 0.2) is 46.1 Å². The maximum absolute atomic E-state index is 14.0. The van der Waals surface area contributed by atoms with Crippen LogP contribution in [0.25, 0.3) is 0 Å². The summed E-state index contributed by atoms with van der Waals surface area (Å²) in [5, 5.41) is 21.2. The van der Waals surface area contributed by atoms with Gasteiger partial charge in [0.05, 0.1) is 36.2 Å². The number of methoxy groups -OCH3 is 2. The van der Waals surface area contributed by atoms with Gasteiger partial charge in [0.1, 0.15) is 11.4 Å². The number of terminal acetylenes is 1. The molecule has 0 atom stereocenters. The number of ether oxygens (including phenoxy) is 4. The predicted octanol–water partition coefficient (Wildman–Crippen LogP) is 9.69. The third-order valence-corrected chi connectivity index (χ3v) is 7.29. The van der Waals surface area contributed by atoms with Crippen LogP contribution in [0.3, 0.4) is 0 Å². The lowest BCUT2D eigenvalue weighted by Crippen LogP contribution is -1.95. The number of aromatic nitrogens is 2. The zero-order valence-electron chi connectivity index (χ0n) is 28.8. The third-order valence-electron chi connectivity index (χ3n) is 6.79. The van der Waals surface area contributed by atoms with Crippen LogP contribution in [0.5, 0.6) is 34.5 Å². The molecule has 0 radical (unpaired) electrons. The van der Waals surface area contributed by atoms with E-state index in [1.807, 2.05) is 18.2 Å². The summed E-state index contributed by atoms with van der Waals surface area (Å²) in [5.41, 5.74) is 1.29. The molecule has 0 aliphatic rings. The van der Waals surface area contributed by atoms with Gasteiger partial charge in [0, 0.05) is 34.6 Å². The van der Waals surface area contributed by atoms with Gasteiger partial charge in [-0.2, -0.15) is 0 Å². The lowest BCUT2D eigenvalue weighted by molar-refractivity contribution is -0.385. The number of non-ortho nitro benzene ring substituents is 2.